The second-order valence-electron chi connectivity index (χ2n) is 7.89. The van der Waals surface area contributed by atoms with E-state index in [0.29, 0.717) is 13.0 Å². The summed E-state index contributed by atoms with van der Waals surface area (Å²) in [5.74, 6) is -0.275. The second-order valence-corrected chi connectivity index (χ2v) is 7.89. The summed E-state index contributed by atoms with van der Waals surface area (Å²) in [6.07, 6.45) is -1.76. The van der Waals surface area contributed by atoms with Crippen molar-refractivity contribution in [3.63, 3.8) is 0 Å². The Labute approximate surface area is 148 Å². The summed E-state index contributed by atoms with van der Waals surface area (Å²) in [7, 11) is -0.436. The molecule has 0 unspecified atom stereocenters. The number of carbonyl (C=O) groups is 1. The number of hydrogen-bond donors (Lipinski definition) is 1. The molecule has 2 atom stereocenters. The van der Waals surface area contributed by atoms with E-state index in [2.05, 4.69) is 0 Å². The number of benzene rings is 1. The number of alkyl halides is 1. The van der Waals surface area contributed by atoms with Gasteiger partial charge in [0.25, 0.3) is 0 Å². The second kappa shape index (κ2) is 6.29. The molecule has 5 nitrogen and oxygen atoms in total. The first kappa shape index (κ1) is 18.2. The first-order chi connectivity index (χ1) is 11.6. The summed E-state index contributed by atoms with van der Waals surface area (Å²) in [5, 5.41) is 8.99. The van der Waals surface area contributed by atoms with Crippen molar-refractivity contribution in [2.45, 2.75) is 57.4 Å². The highest BCUT2D eigenvalue weighted by molar-refractivity contribution is 6.62. The maximum atomic E-state index is 14.4. The molecule has 3 rings (SSSR count). The summed E-state index contributed by atoms with van der Waals surface area (Å²) in [6.45, 7) is 8.31. The lowest BCUT2D eigenvalue weighted by Crippen LogP contribution is -2.43. The van der Waals surface area contributed by atoms with Gasteiger partial charge in [-0.25, -0.2) is 9.18 Å². The van der Waals surface area contributed by atoms with E-state index in [1.165, 1.54) is 0 Å². The lowest BCUT2D eigenvalue weighted by Gasteiger charge is -2.33. The fourth-order valence-corrected chi connectivity index (χ4v) is 3.33. The molecular weight excluding hydrogens is 324 g/mol. The fraction of sp³-hybridized carbons (Fsp3) is 0.611. The van der Waals surface area contributed by atoms with E-state index in [-0.39, 0.29) is 12.5 Å². The number of rotatable bonds is 2. The molecule has 0 aliphatic carbocycles. The molecule has 1 aromatic carbocycles. The largest absolute Gasteiger partial charge is 0.494 e. The normalized spacial score (nSPS) is 28.2. The van der Waals surface area contributed by atoms with Gasteiger partial charge in [0.1, 0.15) is 6.17 Å². The van der Waals surface area contributed by atoms with Crippen molar-refractivity contribution in [3.05, 3.63) is 29.8 Å². The van der Waals surface area contributed by atoms with Gasteiger partial charge >= 0.3 is 13.2 Å². The lowest BCUT2D eigenvalue weighted by atomic mass is 9.77. The molecule has 0 spiro atoms. The SMILES string of the molecule is CC1(C)OB(c2ccc([C@@H]3CCN(C(=O)O)C[C@H]3F)cc2)OC1(C)C. The number of halogens is 1. The highest BCUT2D eigenvalue weighted by Crippen LogP contribution is 2.36. The van der Waals surface area contributed by atoms with E-state index >= 15 is 0 Å². The predicted molar refractivity (Wildman–Crippen MR) is 94.0 cm³/mol. The highest BCUT2D eigenvalue weighted by Gasteiger charge is 2.51. The molecule has 2 aliphatic heterocycles. The Morgan fingerprint density at radius 1 is 1.20 bits per heavy atom. The van der Waals surface area contributed by atoms with E-state index in [1.807, 2.05) is 52.0 Å². The van der Waals surface area contributed by atoms with Crippen molar-refractivity contribution in [1.29, 1.82) is 0 Å². The molecule has 2 fully saturated rings. The Kier molecular flexibility index (Phi) is 4.58. The van der Waals surface area contributed by atoms with Crippen LogP contribution in [0.4, 0.5) is 9.18 Å². The zero-order valence-corrected chi connectivity index (χ0v) is 15.2. The number of piperidine rings is 1. The zero-order valence-electron chi connectivity index (χ0n) is 15.2. The minimum Gasteiger partial charge on any atom is -0.465 e. The maximum Gasteiger partial charge on any atom is 0.494 e. The molecule has 0 saturated carbocycles. The van der Waals surface area contributed by atoms with Crippen LogP contribution in [0.15, 0.2) is 24.3 Å². The summed E-state index contributed by atoms with van der Waals surface area (Å²) in [4.78, 5) is 12.1. The molecule has 2 heterocycles. The standard InChI is InChI=1S/C18H25BFNO4/c1-17(2)18(3,4)25-19(24-17)13-7-5-12(6-8-13)14-9-10-21(16(22)23)11-15(14)20/h5-8,14-15H,9-11H2,1-4H3,(H,22,23)/t14-,15+/m0/s1. The summed E-state index contributed by atoms with van der Waals surface area (Å²) in [6, 6.07) is 7.61. The number of likely N-dealkylation sites (tertiary alicyclic amines) is 1. The Hall–Kier alpha value is -1.60. The topological polar surface area (TPSA) is 59.0 Å². The number of hydrogen-bond acceptors (Lipinski definition) is 3. The molecule has 1 aromatic rings. The molecule has 2 saturated heterocycles. The molecule has 1 amide bonds. The summed E-state index contributed by atoms with van der Waals surface area (Å²) < 4.78 is 26.5. The number of nitrogens with zero attached hydrogens (tertiary/aromatic N) is 1. The Morgan fingerprint density at radius 2 is 1.76 bits per heavy atom. The van der Waals surface area contributed by atoms with Gasteiger partial charge in [-0.05, 0) is 45.1 Å². The fourth-order valence-electron chi connectivity index (χ4n) is 3.33. The van der Waals surface area contributed by atoms with Gasteiger partial charge in [0.05, 0.1) is 17.7 Å². The molecular formula is C18H25BFNO4. The van der Waals surface area contributed by atoms with Gasteiger partial charge in [-0.2, -0.15) is 0 Å². The number of carboxylic acid groups (broad SMARTS) is 1. The van der Waals surface area contributed by atoms with Crippen LogP contribution in [0.1, 0.15) is 45.6 Å². The Bertz CT molecular complexity index is 633. The zero-order chi connectivity index (χ0) is 18.4. The van der Waals surface area contributed by atoms with Gasteiger partial charge in [-0.1, -0.05) is 24.3 Å². The van der Waals surface area contributed by atoms with Gasteiger partial charge in [0.15, 0.2) is 0 Å². The quantitative estimate of drug-likeness (QED) is 0.835. The molecule has 2 aliphatic rings. The van der Waals surface area contributed by atoms with E-state index in [4.69, 9.17) is 14.4 Å². The maximum absolute atomic E-state index is 14.4. The minimum atomic E-state index is -1.19. The van der Waals surface area contributed by atoms with Gasteiger partial charge in [-0.3, -0.25) is 0 Å². The minimum absolute atomic E-state index is 0.0705. The molecule has 25 heavy (non-hydrogen) atoms. The van der Waals surface area contributed by atoms with Crippen LogP contribution in [-0.4, -0.2) is 53.7 Å². The predicted octanol–water partition coefficient (Wildman–Crippen LogP) is 2.79. The average Bonchev–Trinajstić information content (AvgIpc) is 2.75. The van der Waals surface area contributed by atoms with Crippen LogP contribution in [-0.2, 0) is 9.31 Å². The lowest BCUT2D eigenvalue weighted by molar-refractivity contribution is 0.00578. The van der Waals surface area contributed by atoms with Crippen molar-refractivity contribution in [1.82, 2.24) is 4.90 Å². The van der Waals surface area contributed by atoms with Crippen LogP contribution >= 0.6 is 0 Å². The Morgan fingerprint density at radius 3 is 2.24 bits per heavy atom. The highest BCUT2D eigenvalue weighted by atomic mass is 19.1. The van der Waals surface area contributed by atoms with Crippen molar-refractivity contribution in [3.8, 4) is 0 Å². The third-order valence-electron chi connectivity index (χ3n) is 5.70. The van der Waals surface area contributed by atoms with Crippen LogP contribution < -0.4 is 5.46 Å². The van der Waals surface area contributed by atoms with Crippen LogP contribution in [0.5, 0.6) is 0 Å². The van der Waals surface area contributed by atoms with Crippen LogP contribution in [0.2, 0.25) is 0 Å². The Balaban J connectivity index is 1.70. The molecule has 7 heteroatoms. The van der Waals surface area contributed by atoms with Crippen molar-refractivity contribution < 1.29 is 23.6 Å². The first-order valence-electron chi connectivity index (χ1n) is 8.68. The summed E-state index contributed by atoms with van der Waals surface area (Å²) >= 11 is 0. The van der Waals surface area contributed by atoms with E-state index < -0.39 is 30.6 Å². The number of amides is 1. The van der Waals surface area contributed by atoms with Crippen LogP contribution in [0.25, 0.3) is 0 Å². The molecule has 0 aromatic heterocycles. The third-order valence-corrected chi connectivity index (χ3v) is 5.70. The first-order valence-corrected chi connectivity index (χ1v) is 8.68. The molecule has 136 valence electrons. The average molecular weight is 349 g/mol. The van der Waals surface area contributed by atoms with E-state index in [9.17, 15) is 9.18 Å². The molecule has 1 N–H and O–H groups in total. The van der Waals surface area contributed by atoms with Gasteiger partial charge in [-0.15, -0.1) is 0 Å². The van der Waals surface area contributed by atoms with Crippen LogP contribution in [0, 0.1) is 0 Å². The van der Waals surface area contributed by atoms with Crippen molar-refractivity contribution in [2.75, 3.05) is 13.1 Å². The van der Waals surface area contributed by atoms with E-state index in [1.54, 1.807) is 0 Å². The third kappa shape index (κ3) is 3.40. The van der Waals surface area contributed by atoms with Gasteiger partial charge in [0, 0.05) is 12.5 Å². The smallest absolute Gasteiger partial charge is 0.465 e. The van der Waals surface area contributed by atoms with Crippen molar-refractivity contribution >= 4 is 18.7 Å². The van der Waals surface area contributed by atoms with Crippen molar-refractivity contribution in [2.24, 2.45) is 0 Å². The molecule has 0 bridgehead atoms. The van der Waals surface area contributed by atoms with Gasteiger partial charge in [0.2, 0.25) is 0 Å². The summed E-state index contributed by atoms with van der Waals surface area (Å²) in [5.41, 5.74) is 0.993. The van der Waals surface area contributed by atoms with Gasteiger partial charge < -0.3 is 19.3 Å². The van der Waals surface area contributed by atoms with E-state index in [0.717, 1.165) is 15.9 Å². The molecule has 0 radical (unpaired) electrons. The monoisotopic (exact) mass is 349 g/mol. The van der Waals surface area contributed by atoms with Crippen LogP contribution in [0.3, 0.4) is 0 Å².